The van der Waals surface area contributed by atoms with Gasteiger partial charge in [0.05, 0.1) is 5.56 Å². The molecule has 0 fully saturated rings. The van der Waals surface area contributed by atoms with Crippen molar-refractivity contribution in [3.05, 3.63) is 60.2 Å². The van der Waals surface area contributed by atoms with E-state index in [2.05, 4.69) is 6.57 Å². The molecule has 0 unspecified atom stereocenters. The minimum absolute atomic E-state index is 0.337. The number of nitrogens with zero attached hydrogens (tertiary/aromatic N) is 1. The van der Waals surface area contributed by atoms with Crippen molar-refractivity contribution < 1.29 is 9.90 Å². The van der Waals surface area contributed by atoms with Crippen LogP contribution in [-0.4, -0.2) is 11.1 Å². The fourth-order valence-electron chi connectivity index (χ4n) is 1.54. The van der Waals surface area contributed by atoms with Crippen LogP contribution in [0.5, 0.6) is 0 Å². The Bertz CT molecular complexity index is 518. The van der Waals surface area contributed by atoms with Crippen molar-refractivity contribution in [2.75, 3.05) is 0 Å². The van der Waals surface area contributed by atoms with Gasteiger partial charge >= 0.3 is 5.97 Å². The van der Waals surface area contributed by atoms with E-state index >= 15 is 0 Å². The van der Waals surface area contributed by atoms with Gasteiger partial charge in [-0.15, -0.1) is 0 Å². The Labute approximate surface area is 99.6 Å². The Morgan fingerprint density at radius 3 is 2.06 bits per heavy atom. The molecule has 0 aliphatic rings. The Morgan fingerprint density at radius 1 is 0.941 bits per heavy atom. The van der Waals surface area contributed by atoms with Crippen LogP contribution in [0.2, 0.25) is 0 Å². The summed E-state index contributed by atoms with van der Waals surface area (Å²) in [7, 11) is 0. The van der Waals surface area contributed by atoms with Crippen LogP contribution in [0.4, 0.5) is 0 Å². The van der Waals surface area contributed by atoms with Gasteiger partial charge in [0.1, 0.15) is 0 Å². The van der Waals surface area contributed by atoms with Gasteiger partial charge < -0.3 is 5.11 Å². The number of carboxylic acid groups (broad SMARTS) is 1. The summed E-state index contributed by atoms with van der Waals surface area (Å²) in [6.45, 7) is 3.50. The molecule has 0 radical (unpaired) electrons. The fraction of sp³-hybridized carbons (Fsp3) is 0. The van der Waals surface area contributed by atoms with E-state index in [-0.39, 0.29) is 0 Å². The summed E-state index contributed by atoms with van der Waals surface area (Å²) >= 11 is 0. The van der Waals surface area contributed by atoms with Crippen LogP contribution in [0.1, 0.15) is 10.4 Å². The smallest absolute Gasteiger partial charge is 0.336 e. The van der Waals surface area contributed by atoms with E-state index < -0.39 is 5.97 Å². The highest BCUT2D eigenvalue weighted by atomic mass is 16.4. The van der Waals surface area contributed by atoms with Crippen molar-refractivity contribution in [1.29, 1.82) is 5.26 Å². The first kappa shape index (κ1) is 12.5. The third-order valence-corrected chi connectivity index (χ3v) is 2.24. The second-order valence-electron chi connectivity index (χ2n) is 3.22. The molecule has 1 N–H and O–H groups in total. The molecule has 0 aliphatic carbocycles. The van der Waals surface area contributed by atoms with Crippen LogP contribution >= 0.6 is 0 Å². The number of carbonyl (C=O) groups is 1. The molecule has 0 bridgehead atoms. The number of hydrogen-bond acceptors (Lipinski definition) is 2. The summed E-state index contributed by atoms with van der Waals surface area (Å²) in [4.78, 5) is 11.0. The average Bonchev–Trinajstić information content (AvgIpc) is 2.42. The van der Waals surface area contributed by atoms with Crippen LogP contribution in [-0.2, 0) is 0 Å². The van der Waals surface area contributed by atoms with Crippen LogP contribution in [0, 0.1) is 11.8 Å². The molecule has 0 spiro atoms. The molecule has 84 valence electrons. The Morgan fingerprint density at radius 2 is 1.47 bits per heavy atom. The van der Waals surface area contributed by atoms with Gasteiger partial charge in [0.2, 0.25) is 0 Å². The summed E-state index contributed by atoms with van der Waals surface area (Å²) < 4.78 is 0. The number of aromatic carboxylic acids is 1. The van der Waals surface area contributed by atoms with E-state index in [0.717, 1.165) is 11.1 Å². The van der Waals surface area contributed by atoms with Crippen LogP contribution in [0.3, 0.4) is 0 Å². The first-order valence-electron chi connectivity index (χ1n) is 4.92. The van der Waals surface area contributed by atoms with E-state index in [4.69, 9.17) is 10.4 Å². The second kappa shape index (κ2) is 6.09. The molecule has 3 nitrogen and oxygen atoms in total. The van der Waals surface area contributed by atoms with Crippen molar-refractivity contribution in [2.24, 2.45) is 0 Å². The molecular formula is C14H11NO2. The SMILES string of the molecule is C#N.O=C(O)c1ccccc1-c1ccccc1. The molecule has 0 aliphatic heterocycles. The second-order valence-corrected chi connectivity index (χ2v) is 3.22. The number of hydrogen-bond donors (Lipinski definition) is 1. The van der Waals surface area contributed by atoms with E-state index in [1.54, 1.807) is 12.1 Å². The highest BCUT2D eigenvalue weighted by Crippen LogP contribution is 2.22. The first-order valence-corrected chi connectivity index (χ1v) is 4.92. The standard InChI is InChI=1S/C13H10O2.CHN/c14-13(15)12-9-5-4-8-11(12)10-6-2-1-3-7-10;1-2/h1-9H,(H,14,15);1H. The lowest BCUT2D eigenvalue weighted by Crippen LogP contribution is -1.98. The quantitative estimate of drug-likeness (QED) is 0.853. The van der Waals surface area contributed by atoms with Gasteiger partial charge in [-0.3, -0.25) is 0 Å². The van der Waals surface area contributed by atoms with Crippen molar-refractivity contribution in [2.45, 2.75) is 0 Å². The Kier molecular flexibility index (Phi) is 4.46. The van der Waals surface area contributed by atoms with Gasteiger partial charge in [-0.2, -0.15) is 0 Å². The van der Waals surface area contributed by atoms with Crippen LogP contribution in [0.15, 0.2) is 54.6 Å². The highest BCUT2D eigenvalue weighted by molar-refractivity contribution is 5.95. The molecule has 0 heterocycles. The molecule has 3 heteroatoms. The maximum absolute atomic E-state index is 11.0. The first-order chi connectivity index (χ1) is 8.29. The lowest BCUT2D eigenvalue weighted by Gasteiger charge is -2.05. The molecule has 17 heavy (non-hydrogen) atoms. The molecule has 2 aromatic rings. The molecule has 0 saturated carbocycles. The van der Waals surface area contributed by atoms with Gasteiger partial charge in [0.25, 0.3) is 0 Å². The van der Waals surface area contributed by atoms with Gasteiger partial charge in [-0.1, -0.05) is 48.5 Å². The third-order valence-electron chi connectivity index (χ3n) is 2.24. The topological polar surface area (TPSA) is 61.1 Å². The minimum atomic E-state index is -0.894. The Hall–Kier alpha value is -2.60. The zero-order chi connectivity index (χ0) is 12.7. The largest absolute Gasteiger partial charge is 0.478 e. The number of rotatable bonds is 2. The lowest BCUT2D eigenvalue weighted by atomic mass is 10.00. The maximum atomic E-state index is 11.0. The van der Waals surface area contributed by atoms with Gasteiger partial charge in [0, 0.05) is 6.57 Å². The molecular weight excluding hydrogens is 214 g/mol. The van der Waals surface area contributed by atoms with Crippen molar-refractivity contribution >= 4 is 5.97 Å². The van der Waals surface area contributed by atoms with Gasteiger partial charge in [-0.25, -0.2) is 10.1 Å². The summed E-state index contributed by atoms with van der Waals surface area (Å²) in [6.07, 6.45) is 0. The van der Waals surface area contributed by atoms with Crippen molar-refractivity contribution in [3.63, 3.8) is 0 Å². The number of nitriles is 1. The summed E-state index contributed by atoms with van der Waals surface area (Å²) in [5.74, 6) is -0.894. The molecule has 2 aromatic carbocycles. The predicted octanol–water partition coefficient (Wildman–Crippen LogP) is 3.19. The zero-order valence-electron chi connectivity index (χ0n) is 9.08. The molecule has 0 saturated heterocycles. The summed E-state index contributed by atoms with van der Waals surface area (Å²) in [6, 6.07) is 16.5. The molecule has 0 atom stereocenters. The average molecular weight is 225 g/mol. The van der Waals surface area contributed by atoms with E-state index in [0.29, 0.717) is 5.56 Å². The number of carboxylic acids is 1. The fourth-order valence-corrected chi connectivity index (χ4v) is 1.54. The monoisotopic (exact) mass is 225 g/mol. The summed E-state index contributed by atoms with van der Waals surface area (Å²) in [5, 5.41) is 15.5. The third kappa shape index (κ3) is 2.93. The number of benzene rings is 2. The van der Waals surface area contributed by atoms with Crippen LogP contribution < -0.4 is 0 Å². The van der Waals surface area contributed by atoms with Crippen molar-refractivity contribution in [3.8, 4) is 17.7 Å². The lowest BCUT2D eigenvalue weighted by molar-refractivity contribution is 0.0697. The van der Waals surface area contributed by atoms with Crippen LogP contribution in [0.25, 0.3) is 11.1 Å². The van der Waals surface area contributed by atoms with E-state index in [9.17, 15) is 4.79 Å². The maximum Gasteiger partial charge on any atom is 0.336 e. The minimum Gasteiger partial charge on any atom is -0.478 e. The van der Waals surface area contributed by atoms with Crippen molar-refractivity contribution in [1.82, 2.24) is 0 Å². The molecule has 0 aromatic heterocycles. The highest BCUT2D eigenvalue weighted by Gasteiger charge is 2.09. The van der Waals surface area contributed by atoms with Gasteiger partial charge in [0.15, 0.2) is 0 Å². The predicted molar refractivity (Wildman–Crippen MR) is 65.5 cm³/mol. The van der Waals surface area contributed by atoms with Gasteiger partial charge in [-0.05, 0) is 17.2 Å². The summed E-state index contributed by atoms with van der Waals surface area (Å²) in [5.41, 5.74) is 2.02. The normalized spacial score (nSPS) is 8.82. The zero-order valence-corrected chi connectivity index (χ0v) is 9.08. The molecule has 2 rings (SSSR count). The van der Waals surface area contributed by atoms with E-state index in [1.165, 1.54) is 0 Å². The molecule has 0 amide bonds. The van der Waals surface area contributed by atoms with E-state index in [1.807, 2.05) is 42.5 Å². The Balaban J connectivity index is 0.000000686.